The third kappa shape index (κ3) is 4.17. The van der Waals surface area contributed by atoms with Gasteiger partial charge in [-0.05, 0) is 24.3 Å². The molecular weight excluding hydrogens is 426 g/mol. The Morgan fingerprint density at radius 1 is 1.20 bits per heavy atom. The van der Waals surface area contributed by atoms with Gasteiger partial charge in [-0.2, -0.15) is 0 Å². The van der Waals surface area contributed by atoms with E-state index in [0.29, 0.717) is 38.7 Å². The van der Waals surface area contributed by atoms with Gasteiger partial charge in [-0.3, -0.25) is 14.7 Å². The number of H-pyrrole nitrogens is 1. The van der Waals surface area contributed by atoms with Gasteiger partial charge < -0.3 is 10.1 Å². The van der Waals surface area contributed by atoms with Crippen LogP contribution >= 0.6 is 23.4 Å². The molecule has 0 spiro atoms. The molecule has 0 fully saturated rings. The summed E-state index contributed by atoms with van der Waals surface area (Å²) in [6, 6.07) is 15.7. The van der Waals surface area contributed by atoms with Crippen LogP contribution in [0, 0.1) is 0 Å². The highest BCUT2D eigenvalue weighted by molar-refractivity contribution is 7.99. The molecule has 2 aromatic heterocycles. The molecule has 152 valence electrons. The van der Waals surface area contributed by atoms with Crippen LogP contribution in [0.3, 0.4) is 0 Å². The Labute approximate surface area is 180 Å². The third-order valence-electron chi connectivity index (χ3n) is 4.15. The Morgan fingerprint density at radius 3 is 2.77 bits per heavy atom. The first-order valence-electron chi connectivity index (χ1n) is 8.85. The molecule has 2 aromatic carbocycles. The number of nitrogens with zero attached hydrogens (tertiary/aromatic N) is 3. The minimum Gasteiger partial charge on any atom is -0.496 e. The van der Waals surface area contributed by atoms with E-state index in [1.165, 1.54) is 10.6 Å². The second-order valence-corrected chi connectivity index (χ2v) is 7.51. The van der Waals surface area contributed by atoms with Gasteiger partial charge in [-0.25, -0.2) is 14.5 Å². The Hall–Kier alpha value is -3.30. The summed E-state index contributed by atoms with van der Waals surface area (Å²) in [4.78, 5) is 33.3. The van der Waals surface area contributed by atoms with Crippen molar-refractivity contribution in [3.63, 3.8) is 0 Å². The first-order chi connectivity index (χ1) is 14.5. The first-order valence-corrected chi connectivity index (χ1v) is 10.2. The highest BCUT2D eigenvalue weighted by atomic mass is 35.5. The van der Waals surface area contributed by atoms with E-state index in [-0.39, 0.29) is 17.2 Å². The number of aromatic nitrogens is 4. The molecule has 0 bridgehead atoms. The summed E-state index contributed by atoms with van der Waals surface area (Å²) in [6.45, 7) is 0. The average molecular weight is 442 g/mol. The lowest BCUT2D eigenvalue weighted by atomic mass is 10.2. The van der Waals surface area contributed by atoms with Crippen LogP contribution in [0.4, 0.5) is 5.69 Å². The maximum atomic E-state index is 12.4. The van der Waals surface area contributed by atoms with Crippen LogP contribution in [0.1, 0.15) is 0 Å². The number of hydrogen-bond acceptors (Lipinski definition) is 6. The predicted octanol–water partition coefficient (Wildman–Crippen LogP) is 3.48. The maximum Gasteiger partial charge on any atom is 0.266 e. The van der Waals surface area contributed by atoms with Gasteiger partial charge >= 0.3 is 0 Å². The zero-order valence-corrected chi connectivity index (χ0v) is 17.3. The summed E-state index contributed by atoms with van der Waals surface area (Å²) in [5, 5.41) is 6.28. The summed E-state index contributed by atoms with van der Waals surface area (Å²) in [5.74, 6) is 0.795. The van der Waals surface area contributed by atoms with Gasteiger partial charge in [0.05, 0.1) is 29.1 Å². The van der Waals surface area contributed by atoms with Gasteiger partial charge in [0, 0.05) is 6.07 Å². The van der Waals surface area contributed by atoms with Crippen LogP contribution < -0.4 is 15.6 Å². The number of carbonyl (C=O) groups is 1. The van der Waals surface area contributed by atoms with Gasteiger partial charge in [-0.15, -0.1) is 0 Å². The van der Waals surface area contributed by atoms with Crippen LogP contribution in [0.15, 0.2) is 64.5 Å². The smallest absolute Gasteiger partial charge is 0.266 e. The van der Waals surface area contributed by atoms with Gasteiger partial charge in [0.25, 0.3) is 5.56 Å². The molecule has 8 nitrogen and oxygen atoms in total. The highest BCUT2D eigenvalue weighted by Gasteiger charge is 2.16. The van der Waals surface area contributed by atoms with Crippen molar-refractivity contribution in [2.24, 2.45) is 0 Å². The molecule has 0 radical (unpaired) electrons. The summed E-state index contributed by atoms with van der Waals surface area (Å²) < 4.78 is 6.85. The normalized spacial score (nSPS) is 10.9. The number of benzene rings is 2. The highest BCUT2D eigenvalue weighted by Crippen LogP contribution is 2.29. The zero-order valence-electron chi connectivity index (χ0n) is 15.8. The minimum absolute atomic E-state index is 0.0584. The lowest BCUT2D eigenvalue weighted by molar-refractivity contribution is -0.113. The number of nitrogens with one attached hydrogen (secondary N) is 2. The fourth-order valence-corrected chi connectivity index (χ4v) is 3.74. The molecule has 0 aliphatic carbocycles. The Bertz CT molecular complexity index is 1290. The third-order valence-corrected chi connectivity index (χ3v) is 5.42. The van der Waals surface area contributed by atoms with Crippen molar-refractivity contribution in [1.82, 2.24) is 19.6 Å². The van der Waals surface area contributed by atoms with E-state index in [1.54, 1.807) is 37.4 Å². The molecule has 1 amide bonds. The first kappa shape index (κ1) is 20.0. The van der Waals surface area contributed by atoms with E-state index in [1.807, 2.05) is 18.2 Å². The van der Waals surface area contributed by atoms with E-state index in [0.717, 1.165) is 11.8 Å². The van der Waals surface area contributed by atoms with Crippen molar-refractivity contribution in [2.75, 3.05) is 18.2 Å². The number of para-hydroxylation sites is 2. The molecule has 2 N–H and O–H groups in total. The van der Waals surface area contributed by atoms with Crippen LogP contribution in [0.25, 0.3) is 17.0 Å². The molecule has 4 aromatic rings. The molecule has 0 aliphatic heterocycles. The summed E-state index contributed by atoms with van der Waals surface area (Å²) in [5.41, 5.74) is 1.29. The number of methoxy groups -OCH3 is 1. The largest absolute Gasteiger partial charge is 0.496 e. The van der Waals surface area contributed by atoms with Gasteiger partial charge in [0.1, 0.15) is 5.75 Å². The molecule has 0 aliphatic rings. The molecule has 2 heterocycles. The fourth-order valence-electron chi connectivity index (χ4n) is 2.81. The second kappa shape index (κ2) is 8.60. The van der Waals surface area contributed by atoms with Gasteiger partial charge in [-0.1, -0.05) is 47.6 Å². The number of anilines is 1. The fraction of sp³-hybridized carbons (Fsp3) is 0.100. The predicted molar refractivity (Wildman–Crippen MR) is 116 cm³/mol. The topological polar surface area (TPSA) is 101 Å². The Balaban J connectivity index is 1.64. The number of aromatic amines is 1. The molecule has 0 saturated carbocycles. The van der Waals surface area contributed by atoms with E-state index in [4.69, 9.17) is 16.3 Å². The lowest BCUT2D eigenvalue weighted by Gasteiger charge is -2.10. The average Bonchev–Trinajstić information content (AvgIpc) is 3.13. The minimum atomic E-state index is -0.316. The zero-order chi connectivity index (χ0) is 21.1. The molecule has 4 rings (SSSR count). The number of fused-ring (bicyclic) bond motifs is 1. The lowest BCUT2D eigenvalue weighted by Crippen LogP contribution is -2.15. The number of ether oxygens (including phenoxy) is 1. The number of halogens is 1. The van der Waals surface area contributed by atoms with Crippen molar-refractivity contribution in [1.29, 1.82) is 0 Å². The van der Waals surface area contributed by atoms with Crippen LogP contribution in [0.2, 0.25) is 5.02 Å². The van der Waals surface area contributed by atoms with E-state index < -0.39 is 0 Å². The molecule has 0 unspecified atom stereocenters. The van der Waals surface area contributed by atoms with Crippen molar-refractivity contribution in [3.8, 4) is 17.1 Å². The molecule has 10 heteroatoms. The number of hydrogen-bond donors (Lipinski definition) is 2. The number of carbonyl (C=O) groups excluding carboxylic acids is 1. The van der Waals surface area contributed by atoms with Crippen LogP contribution in [-0.4, -0.2) is 38.4 Å². The van der Waals surface area contributed by atoms with Crippen LogP contribution in [-0.2, 0) is 4.79 Å². The molecular formula is C20H16ClN5O3S. The van der Waals surface area contributed by atoms with Crippen molar-refractivity contribution < 1.29 is 9.53 Å². The maximum absolute atomic E-state index is 12.4. The Kier molecular flexibility index (Phi) is 5.73. The number of rotatable bonds is 6. The van der Waals surface area contributed by atoms with E-state index >= 15 is 0 Å². The van der Waals surface area contributed by atoms with Crippen molar-refractivity contribution >= 4 is 40.6 Å². The van der Waals surface area contributed by atoms with E-state index in [9.17, 15) is 9.59 Å². The van der Waals surface area contributed by atoms with Gasteiger partial charge in [0.2, 0.25) is 5.91 Å². The second-order valence-electron chi connectivity index (χ2n) is 6.16. The van der Waals surface area contributed by atoms with Crippen molar-refractivity contribution in [2.45, 2.75) is 5.16 Å². The van der Waals surface area contributed by atoms with Crippen molar-refractivity contribution in [3.05, 3.63) is 70.0 Å². The monoisotopic (exact) mass is 441 g/mol. The molecule has 30 heavy (non-hydrogen) atoms. The SMILES string of the molecule is COc1ccccc1-c1nc(SCC(=O)Nc2ccccc2Cl)n2[nH]c(=O)cc2n1. The standard InChI is InChI=1S/C20H16ClN5O3S/c1-29-15-9-5-2-6-12(15)19-23-16-10-17(27)25-26(16)20(24-19)30-11-18(28)22-14-8-4-3-7-13(14)21/h2-10H,11H2,1H3,(H,22,28)(H,25,27). The number of amides is 1. The molecule has 0 atom stereocenters. The molecule has 0 saturated heterocycles. The van der Waals surface area contributed by atoms with E-state index in [2.05, 4.69) is 20.4 Å². The Morgan fingerprint density at radius 2 is 1.97 bits per heavy atom. The van der Waals surface area contributed by atoms with Crippen LogP contribution in [0.5, 0.6) is 5.75 Å². The van der Waals surface area contributed by atoms with Gasteiger partial charge in [0.15, 0.2) is 16.6 Å². The summed E-state index contributed by atoms with van der Waals surface area (Å²) >= 11 is 7.25. The summed E-state index contributed by atoms with van der Waals surface area (Å²) in [7, 11) is 1.56. The quantitative estimate of drug-likeness (QED) is 0.444. The number of thioether (sulfide) groups is 1. The summed E-state index contributed by atoms with van der Waals surface area (Å²) in [6.07, 6.45) is 0.